The lowest BCUT2D eigenvalue weighted by atomic mass is 9.96. The van der Waals surface area contributed by atoms with Gasteiger partial charge in [-0.15, -0.1) is 0 Å². The molecule has 5 heteroatoms. The highest BCUT2D eigenvalue weighted by atomic mass is 16.4. The van der Waals surface area contributed by atoms with Crippen molar-refractivity contribution in [1.82, 2.24) is 4.98 Å². The highest BCUT2D eigenvalue weighted by Gasteiger charge is 2.12. The number of anilines is 1. The van der Waals surface area contributed by atoms with Crippen LogP contribution in [0.4, 0.5) is 5.69 Å². The number of carboxylic acids is 1. The van der Waals surface area contributed by atoms with Crippen LogP contribution in [0.2, 0.25) is 0 Å². The number of nitrogens with one attached hydrogen (secondary N) is 1. The number of pyridine rings is 1. The van der Waals surface area contributed by atoms with E-state index < -0.39 is 5.97 Å². The molecule has 5 nitrogen and oxygen atoms in total. The van der Waals surface area contributed by atoms with Crippen LogP contribution in [0, 0.1) is 0 Å². The van der Waals surface area contributed by atoms with Crippen molar-refractivity contribution in [2.75, 3.05) is 5.32 Å². The number of fused-ring (bicyclic) bond motifs is 1. The molecule has 1 aliphatic rings. The summed E-state index contributed by atoms with van der Waals surface area (Å²) in [4.78, 5) is 27.4. The maximum atomic E-state index is 12.1. The Hall–Kier alpha value is -2.69. The van der Waals surface area contributed by atoms with E-state index in [-0.39, 0.29) is 11.5 Å². The highest BCUT2D eigenvalue weighted by Crippen LogP contribution is 2.22. The van der Waals surface area contributed by atoms with Gasteiger partial charge in [0.25, 0.3) is 0 Å². The molecule has 1 aliphatic carbocycles. The highest BCUT2D eigenvalue weighted by molar-refractivity contribution is 5.91. The minimum atomic E-state index is -0.945. The number of carboxylic acid groups (broad SMARTS) is 1. The van der Waals surface area contributed by atoms with E-state index >= 15 is 0 Å². The molecule has 1 amide bonds. The van der Waals surface area contributed by atoms with Crippen molar-refractivity contribution in [3.63, 3.8) is 0 Å². The van der Waals surface area contributed by atoms with E-state index in [0.717, 1.165) is 29.8 Å². The van der Waals surface area contributed by atoms with E-state index in [4.69, 9.17) is 5.11 Å². The lowest BCUT2D eigenvalue weighted by Crippen LogP contribution is -2.14. The topological polar surface area (TPSA) is 79.3 Å². The van der Waals surface area contributed by atoms with E-state index in [2.05, 4.69) is 10.3 Å². The first-order chi connectivity index (χ1) is 11.6. The number of carbonyl (C=O) groups excluding carboxylic acids is 1. The summed E-state index contributed by atoms with van der Waals surface area (Å²) >= 11 is 0. The Bertz CT molecular complexity index is 754. The van der Waals surface area contributed by atoms with Crippen molar-refractivity contribution in [1.29, 1.82) is 0 Å². The molecule has 3 rings (SSSR count). The number of benzene rings is 1. The number of rotatable bonds is 5. The molecule has 24 heavy (non-hydrogen) atoms. The van der Waals surface area contributed by atoms with Crippen molar-refractivity contribution in [3.05, 3.63) is 58.9 Å². The normalized spacial score (nSPS) is 13.2. The van der Waals surface area contributed by atoms with Crippen molar-refractivity contribution in [3.8, 4) is 0 Å². The lowest BCUT2D eigenvalue weighted by Gasteiger charge is -2.15. The number of hydrogen-bond acceptors (Lipinski definition) is 3. The van der Waals surface area contributed by atoms with E-state index in [1.54, 1.807) is 30.5 Å². The molecule has 0 atom stereocenters. The number of aromatic nitrogens is 1. The fraction of sp³-hybridized carbons (Fsp3) is 0.316. The number of amides is 1. The number of hydrogen-bond donors (Lipinski definition) is 2. The third-order valence-corrected chi connectivity index (χ3v) is 4.29. The maximum absolute atomic E-state index is 12.1. The first-order valence-electron chi connectivity index (χ1n) is 8.22. The van der Waals surface area contributed by atoms with Crippen LogP contribution in [0.3, 0.4) is 0 Å². The van der Waals surface area contributed by atoms with Crippen LogP contribution in [0.25, 0.3) is 0 Å². The third-order valence-electron chi connectivity index (χ3n) is 4.29. The fourth-order valence-electron chi connectivity index (χ4n) is 2.95. The van der Waals surface area contributed by atoms with Gasteiger partial charge in [-0.05, 0) is 61.4 Å². The van der Waals surface area contributed by atoms with Crippen LogP contribution in [-0.2, 0) is 24.1 Å². The van der Waals surface area contributed by atoms with Crippen molar-refractivity contribution in [2.45, 2.75) is 38.5 Å². The van der Waals surface area contributed by atoms with Gasteiger partial charge < -0.3 is 10.4 Å². The van der Waals surface area contributed by atoms with Crippen LogP contribution in [0.5, 0.6) is 0 Å². The summed E-state index contributed by atoms with van der Waals surface area (Å²) in [5.41, 5.74) is 4.34. The van der Waals surface area contributed by atoms with Crippen molar-refractivity contribution < 1.29 is 14.7 Å². The molecule has 0 fully saturated rings. The average molecular weight is 324 g/mol. The van der Waals surface area contributed by atoms with E-state index in [9.17, 15) is 9.59 Å². The molecule has 1 aromatic heterocycles. The van der Waals surface area contributed by atoms with Gasteiger partial charge in [0.2, 0.25) is 5.91 Å². The van der Waals surface area contributed by atoms with Gasteiger partial charge in [0.05, 0.1) is 17.4 Å². The molecule has 0 spiro atoms. The summed E-state index contributed by atoms with van der Waals surface area (Å²) in [6.07, 6.45) is 7.07. The Morgan fingerprint density at radius 1 is 1.12 bits per heavy atom. The lowest BCUT2D eigenvalue weighted by molar-refractivity contribution is -0.116. The predicted molar refractivity (Wildman–Crippen MR) is 91.2 cm³/mol. The third kappa shape index (κ3) is 3.98. The van der Waals surface area contributed by atoms with Gasteiger partial charge in [-0.1, -0.05) is 12.1 Å². The molecular formula is C19H20N2O3. The second kappa shape index (κ2) is 7.25. The van der Waals surface area contributed by atoms with Crippen LogP contribution >= 0.6 is 0 Å². The Morgan fingerprint density at radius 3 is 2.62 bits per heavy atom. The molecular weight excluding hydrogens is 304 g/mol. The minimum Gasteiger partial charge on any atom is -0.478 e. The molecule has 0 radical (unpaired) electrons. The van der Waals surface area contributed by atoms with Crippen LogP contribution in [0.1, 0.15) is 46.4 Å². The summed E-state index contributed by atoms with van der Waals surface area (Å²) in [7, 11) is 0. The van der Waals surface area contributed by atoms with Gasteiger partial charge in [0, 0.05) is 12.1 Å². The Morgan fingerprint density at radius 2 is 1.88 bits per heavy atom. The van der Waals surface area contributed by atoms with Gasteiger partial charge in [-0.3, -0.25) is 9.78 Å². The molecule has 1 aromatic carbocycles. The smallest absolute Gasteiger partial charge is 0.335 e. The van der Waals surface area contributed by atoms with Crippen molar-refractivity contribution >= 4 is 17.6 Å². The first kappa shape index (κ1) is 16.2. The quantitative estimate of drug-likeness (QED) is 0.885. The molecule has 0 unspecified atom stereocenters. The summed E-state index contributed by atoms with van der Waals surface area (Å²) in [5, 5.41) is 11.8. The van der Waals surface area contributed by atoms with Gasteiger partial charge in [0.1, 0.15) is 0 Å². The van der Waals surface area contributed by atoms with Gasteiger partial charge in [0.15, 0.2) is 0 Å². The van der Waals surface area contributed by atoms with Crippen LogP contribution in [-0.4, -0.2) is 22.0 Å². The molecule has 1 heterocycles. The Balaban J connectivity index is 1.55. The maximum Gasteiger partial charge on any atom is 0.335 e. The Kier molecular flexibility index (Phi) is 4.89. The second-order valence-electron chi connectivity index (χ2n) is 6.09. The summed E-state index contributed by atoms with van der Waals surface area (Å²) < 4.78 is 0. The average Bonchev–Trinajstić information content (AvgIpc) is 2.60. The largest absolute Gasteiger partial charge is 0.478 e. The minimum absolute atomic E-state index is 0.0603. The SMILES string of the molecule is O=C(CCc1ccc(C(=O)O)cc1)Nc1cnc2c(c1)CCCC2. The monoisotopic (exact) mass is 324 g/mol. The standard InChI is InChI=1S/C19H20N2O3/c22-18(10-7-13-5-8-14(9-6-13)19(23)24)21-16-11-15-3-1-2-4-17(15)20-12-16/h5-6,8-9,11-12H,1-4,7,10H2,(H,21,22)(H,23,24). The molecule has 0 saturated heterocycles. The number of aryl methyl sites for hydroxylation is 3. The van der Waals surface area contributed by atoms with Gasteiger partial charge in [-0.25, -0.2) is 4.79 Å². The zero-order valence-corrected chi connectivity index (χ0v) is 13.4. The summed E-state index contributed by atoms with van der Waals surface area (Å²) in [6, 6.07) is 8.64. The first-order valence-corrected chi connectivity index (χ1v) is 8.22. The predicted octanol–water partition coefficient (Wildman–Crippen LogP) is 3.23. The van der Waals surface area contributed by atoms with Gasteiger partial charge >= 0.3 is 5.97 Å². The number of carbonyl (C=O) groups is 2. The fourth-order valence-corrected chi connectivity index (χ4v) is 2.95. The molecule has 0 saturated carbocycles. The van der Waals surface area contributed by atoms with E-state index in [1.165, 1.54) is 18.4 Å². The molecule has 124 valence electrons. The van der Waals surface area contributed by atoms with E-state index in [1.807, 2.05) is 6.07 Å². The van der Waals surface area contributed by atoms with Crippen LogP contribution in [0.15, 0.2) is 36.5 Å². The molecule has 0 bridgehead atoms. The second-order valence-corrected chi connectivity index (χ2v) is 6.09. The zero-order valence-electron chi connectivity index (χ0n) is 13.4. The van der Waals surface area contributed by atoms with Crippen LogP contribution < -0.4 is 5.32 Å². The molecule has 2 N–H and O–H groups in total. The summed E-state index contributed by atoms with van der Waals surface area (Å²) in [5.74, 6) is -1.01. The van der Waals surface area contributed by atoms with Gasteiger partial charge in [-0.2, -0.15) is 0 Å². The zero-order chi connectivity index (χ0) is 16.9. The number of nitrogens with zero attached hydrogens (tertiary/aromatic N) is 1. The number of aromatic carboxylic acids is 1. The Labute approximate surface area is 140 Å². The van der Waals surface area contributed by atoms with Crippen molar-refractivity contribution in [2.24, 2.45) is 0 Å². The molecule has 0 aliphatic heterocycles. The summed E-state index contributed by atoms with van der Waals surface area (Å²) in [6.45, 7) is 0. The molecule has 2 aromatic rings. The van der Waals surface area contributed by atoms with E-state index in [0.29, 0.717) is 12.8 Å².